The van der Waals surface area contributed by atoms with Crippen LogP contribution in [0.25, 0.3) is 0 Å². The van der Waals surface area contributed by atoms with Gasteiger partial charge in [0.05, 0.1) is 24.9 Å². The first kappa shape index (κ1) is 13.4. The number of ether oxygens (including phenoxy) is 2. The monoisotopic (exact) mass is 240 g/mol. The van der Waals surface area contributed by atoms with Crippen LogP contribution in [0, 0.1) is 5.92 Å². The molecule has 0 amide bonds. The van der Waals surface area contributed by atoms with Crippen molar-refractivity contribution in [3.05, 3.63) is 0 Å². The minimum atomic E-state index is -0.309. The molecule has 0 aliphatic carbocycles. The van der Waals surface area contributed by atoms with Gasteiger partial charge in [-0.25, -0.2) is 0 Å². The molecule has 0 aromatic carbocycles. The topological polar surface area (TPSA) is 58.9 Å². The maximum Gasteiger partial charge on any atom is 0.139 e. The van der Waals surface area contributed by atoms with Crippen LogP contribution < -0.4 is 0 Å². The van der Waals surface area contributed by atoms with Crippen molar-refractivity contribution in [2.75, 3.05) is 6.61 Å². The van der Waals surface area contributed by atoms with Gasteiger partial charge >= 0.3 is 0 Å². The normalized spacial score (nSPS) is 46.5. The van der Waals surface area contributed by atoms with Crippen molar-refractivity contribution in [1.82, 2.24) is 0 Å². The molecule has 6 atom stereocenters. The zero-order valence-electron chi connectivity index (χ0n) is 10.7. The fraction of sp³-hybridized carbons (Fsp3) is 1.00. The lowest BCUT2D eigenvalue weighted by atomic mass is 9.82. The van der Waals surface area contributed by atoms with Crippen molar-refractivity contribution in [2.24, 2.45) is 5.92 Å². The molecule has 0 aromatic rings. The van der Waals surface area contributed by atoms with E-state index in [-0.39, 0.29) is 36.9 Å². The second-order valence-electron chi connectivity index (χ2n) is 5.51. The van der Waals surface area contributed by atoms with E-state index in [4.69, 9.17) is 14.6 Å². The number of rotatable bonds is 4. The average Bonchev–Trinajstić information content (AvgIpc) is 2.79. The largest absolute Gasteiger partial charge is 0.394 e. The smallest absolute Gasteiger partial charge is 0.139 e. The molecule has 6 heteroatoms. The summed E-state index contributed by atoms with van der Waals surface area (Å²) < 4.78 is 11.3. The SMILES string of the molecule is BC1CC(O)C(CCC2CC(CO)OC2B)O1. The van der Waals surface area contributed by atoms with Gasteiger partial charge in [-0.15, -0.1) is 0 Å². The summed E-state index contributed by atoms with van der Waals surface area (Å²) in [7, 11) is 4.07. The molecule has 0 aromatic heterocycles. The van der Waals surface area contributed by atoms with E-state index in [1.54, 1.807) is 0 Å². The molecule has 17 heavy (non-hydrogen) atoms. The van der Waals surface area contributed by atoms with E-state index in [1.807, 2.05) is 7.85 Å². The predicted octanol–water partition coefficient (Wildman–Crippen LogP) is -1.77. The van der Waals surface area contributed by atoms with Crippen LogP contribution in [0.4, 0.5) is 0 Å². The predicted molar refractivity (Wildman–Crippen MR) is 69.5 cm³/mol. The first-order valence-electron chi connectivity index (χ1n) is 6.70. The lowest BCUT2D eigenvalue weighted by Gasteiger charge is -2.18. The van der Waals surface area contributed by atoms with Crippen molar-refractivity contribution in [2.45, 2.75) is 56.0 Å². The van der Waals surface area contributed by atoms with E-state index >= 15 is 0 Å². The number of aliphatic hydroxyl groups is 2. The Bertz CT molecular complexity index is 254. The van der Waals surface area contributed by atoms with Gasteiger partial charge in [0.1, 0.15) is 15.7 Å². The average molecular weight is 240 g/mol. The molecule has 2 fully saturated rings. The van der Waals surface area contributed by atoms with Crippen LogP contribution in [0.15, 0.2) is 0 Å². The third kappa shape index (κ3) is 3.25. The minimum Gasteiger partial charge on any atom is -0.394 e. The second kappa shape index (κ2) is 5.74. The fourth-order valence-electron chi connectivity index (χ4n) is 3.04. The van der Waals surface area contributed by atoms with E-state index < -0.39 is 0 Å². The molecule has 2 heterocycles. The molecular weight excluding hydrogens is 218 g/mol. The maximum absolute atomic E-state index is 9.80. The highest BCUT2D eigenvalue weighted by Gasteiger charge is 2.35. The van der Waals surface area contributed by atoms with Crippen LogP contribution >= 0.6 is 0 Å². The molecule has 2 N–H and O–H groups in total. The molecule has 96 valence electrons. The standard InChI is InChI=1S/C11H22B2O4/c12-10-4-8(15)9(17-10)2-1-6-3-7(5-14)16-11(6)13/h6-11,14-15H,1-5,12-13H2. The minimum absolute atomic E-state index is 0.00310. The number of hydrogen-bond acceptors (Lipinski definition) is 4. The highest BCUT2D eigenvalue weighted by Crippen LogP contribution is 2.31. The van der Waals surface area contributed by atoms with Crippen LogP contribution in [0.1, 0.15) is 25.7 Å². The summed E-state index contributed by atoms with van der Waals surface area (Å²) in [4.78, 5) is 0. The lowest BCUT2D eigenvalue weighted by Crippen LogP contribution is -2.24. The quantitative estimate of drug-likeness (QED) is 0.571. The summed E-state index contributed by atoms with van der Waals surface area (Å²) >= 11 is 0. The van der Waals surface area contributed by atoms with Crippen LogP contribution in [0.2, 0.25) is 0 Å². The van der Waals surface area contributed by atoms with Crippen LogP contribution in [0.5, 0.6) is 0 Å². The van der Waals surface area contributed by atoms with Crippen molar-refractivity contribution >= 4 is 15.7 Å². The van der Waals surface area contributed by atoms with Gasteiger partial charge in [-0.3, -0.25) is 0 Å². The summed E-state index contributed by atoms with van der Waals surface area (Å²) in [5.41, 5.74) is 0. The zero-order chi connectivity index (χ0) is 12.4. The van der Waals surface area contributed by atoms with Gasteiger partial charge in [0.15, 0.2) is 0 Å². The molecule has 2 rings (SSSR count). The molecule has 0 radical (unpaired) electrons. The Morgan fingerprint density at radius 2 is 1.88 bits per heavy atom. The van der Waals surface area contributed by atoms with Gasteiger partial charge in [0, 0.05) is 12.0 Å². The van der Waals surface area contributed by atoms with Crippen LogP contribution in [0.3, 0.4) is 0 Å². The molecule has 0 saturated carbocycles. The lowest BCUT2D eigenvalue weighted by molar-refractivity contribution is 0.0198. The van der Waals surface area contributed by atoms with Crippen molar-refractivity contribution in [3.8, 4) is 0 Å². The Morgan fingerprint density at radius 1 is 1.12 bits per heavy atom. The number of hydrogen-bond donors (Lipinski definition) is 2. The molecule has 2 aliphatic rings. The third-order valence-corrected chi connectivity index (χ3v) is 4.07. The van der Waals surface area contributed by atoms with Gasteiger partial charge in [0.2, 0.25) is 0 Å². The van der Waals surface area contributed by atoms with E-state index in [0.29, 0.717) is 5.92 Å². The Labute approximate surface area is 104 Å². The third-order valence-electron chi connectivity index (χ3n) is 4.07. The number of aliphatic hydroxyl groups excluding tert-OH is 2. The van der Waals surface area contributed by atoms with Gasteiger partial charge in [-0.2, -0.15) is 0 Å². The summed E-state index contributed by atoms with van der Waals surface area (Å²) in [5.74, 6) is 0.485. The summed E-state index contributed by atoms with van der Waals surface area (Å²) in [5, 5.41) is 18.9. The van der Waals surface area contributed by atoms with Gasteiger partial charge in [0.25, 0.3) is 0 Å². The highest BCUT2D eigenvalue weighted by molar-refractivity contribution is 6.11. The van der Waals surface area contributed by atoms with Crippen LogP contribution in [-0.4, -0.2) is 62.8 Å². The highest BCUT2D eigenvalue weighted by atomic mass is 16.5. The van der Waals surface area contributed by atoms with E-state index in [1.165, 1.54) is 0 Å². The Morgan fingerprint density at radius 3 is 2.41 bits per heavy atom. The molecule has 0 bridgehead atoms. The Balaban J connectivity index is 1.75. The maximum atomic E-state index is 9.80. The van der Waals surface area contributed by atoms with Crippen molar-refractivity contribution < 1.29 is 19.7 Å². The molecule has 2 saturated heterocycles. The van der Waals surface area contributed by atoms with Crippen molar-refractivity contribution in [1.29, 1.82) is 0 Å². The molecule has 6 unspecified atom stereocenters. The van der Waals surface area contributed by atoms with Gasteiger partial charge < -0.3 is 19.7 Å². The van der Waals surface area contributed by atoms with Crippen LogP contribution in [-0.2, 0) is 9.47 Å². The second-order valence-corrected chi connectivity index (χ2v) is 5.51. The Hall–Kier alpha value is -0.0301. The first-order chi connectivity index (χ1) is 8.10. The summed E-state index contributed by atoms with van der Waals surface area (Å²) in [6.07, 6.45) is 3.26. The van der Waals surface area contributed by atoms with E-state index in [9.17, 15) is 5.11 Å². The van der Waals surface area contributed by atoms with Gasteiger partial charge in [-0.1, -0.05) is 0 Å². The zero-order valence-corrected chi connectivity index (χ0v) is 10.7. The molecule has 0 spiro atoms. The van der Waals surface area contributed by atoms with E-state index in [0.717, 1.165) is 25.7 Å². The molecule has 2 aliphatic heterocycles. The first-order valence-corrected chi connectivity index (χ1v) is 6.70. The van der Waals surface area contributed by atoms with Gasteiger partial charge in [-0.05, 0) is 31.6 Å². The summed E-state index contributed by atoms with van der Waals surface area (Å²) in [6, 6.07) is 0.389. The van der Waals surface area contributed by atoms with E-state index in [2.05, 4.69) is 7.85 Å². The molecular formula is C11H22B2O4. The Kier molecular flexibility index (Phi) is 4.53. The van der Waals surface area contributed by atoms with Crippen molar-refractivity contribution in [3.63, 3.8) is 0 Å². The summed E-state index contributed by atoms with van der Waals surface area (Å²) in [6.45, 7) is 0.112. The fourth-order valence-corrected chi connectivity index (χ4v) is 3.04. The molecule has 4 nitrogen and oxygen atoms in total.